The maximum atomic E-state index is 11.8. The monoisotopic (exact) mass is 408 g/mol. The quantitative estimate of drug-likeness (QED) is 0.571. The van der Waals surface area contributed by atoms with Crippen LogP contribution in [0.15, 0.2) is 41.3 Å². The average Bonchev–Trinajstić information content (AvgIpc) is 2.67. The fourth-order valence-corrected chi connectivity index (χ4v) is 6.02. The van der Waals surface area contributed by atoms with Gasteiger partial charge in [-0.1, -0.05) is 52.1 Å². The van der Waals surface area contributed by atoms with Gasteiger partial charge in [0.25, 0.3) is 10.1 Å². The first-order valence-electron chi connectivity index (χ1n) is 9.04. The highest BCUT2D eigenvalue weighted by atomic mass is 32.2. The molecule has 1 unspecified atom stereocenters. The van der Waals surface area contributed by atoms with E-state index in [-0.39, 0.29) is 10.6 Å². The first kappa shape index (κ1) is 20.1. The number of methoxy groups -OCH3 is 2. The van der Waals surface area contributed by atoms with Crippen LogP contribution in [-0.2, 0) is 10.1 Å². The van der Waals surface area contributed by atoms with Crippen LogP contribution < -0.4 is 14.8 Å². The van der Waals surface area contributed by atoms with Crippen LogP contribution in [0.25, 0.3) is 11.1 Å². The molecule has 2 aromatic carbocycles. The van der Waals surface area contributed by atoms with Crippen LogP contribution in [0.3, 0.4) is 0 Å². The molecule has 0 heterocycles. The molecule has 1 fully saturated rings. The molecule has 7 heteroatoms. The van der Waals surface area contributed by atoms with Crippen molar-refractivity contribution in [3.8, 4) is 22.6 Å². The van der Waals surface area contributed by atoms with Crippen molar-refractivity contribution in [1.82, 2.24) is 0 Å². The zero-order chi connectivity index (χ0) is 19.4. The number of hydrogen-bond acceptors (Lipinski definition) is 4. The maximum Gasteiger partial charge on any atom is 0.298 e. The summed E-state index contributed by atoms with van der Waals surface area (Å²) in [6, 6.07) is 10.8. The van der Waals surface area contributed by atoms with E-state index in [1.165, 1.54) is 52.4 Å². The summed E-state index contributed by atoms with van der Waals surface area (Å²) in [4.78, 5) is -0.253. The topological polar surface area (TPSA) is 72.8 Å². The molecule has 0 saturated heterocycles. The van der Waals surface area contributed by atoms with Gasteiger partial charge < -0.3 is 9.47 Å². The Morgan fingerprint density at radius 2 is 1.70 bits per heavy atom. The third-order valence-electron chi connectivity index (χ3n) is 4.95. The lowest BCUT2D eigenvalue weighted by Crippen LogP contribution is -2.13. The summed E-state index contributed by atoms with van der Waals surface area (Å²) < 4.78 is 44.2. The van der Waals surface area contributed by atoms with Crippen LogP contribution in [0, 0.1) is 0 Å². The van der Waals surface area contributed by atoms with Crippen molar-refractivity contribution in [2.75, 3.05) is 14.2 Å². The summed E-state index contributed by atoms with van der Waals surface area (Å²) in [7, 11) is -0.845. The standard InChI is InChI=1S/C20H25O5PS/c1-24-16-12-13-18(27(21,22)23)20(25-2)19(16)15-10-6-7-11-17(15)26-14-8-4-3-5-9-14/h6-7,10-14,26H,3-5,8-9H2,1-2H3,(H,21,22,23). The Morgan fingerprint density at radius 3 is 2.33 bits per heavy atom. The Kier molecular flexibility index (Phi) is 6.40. The summed E-state index contributed by atoms with van der Waals surface area (Å²) in [6.45, 7) is 0. The van der Waals surface area contributed by atoms with E-state index in [1.54, 1.807) is 6.07 Å². The molecule has 1 saturated carbocycles. The molecule has 0 spiro atoms. The first-order chi connectivity index (χ1) is 13.0. The van der Waals surface area contributed by atoms with Gasteiger partial charge in [0.05, 0.1) is 19.8 Å². The molecule has 1 aliphatic carbocycles. The van der Waals surface area contributed by atoms with Gasteiger partial charge in [0.2, 0.25) is 0 Å². The van der Waals surface area contributed by atoms with Crippen molar-refractivity contribution in [3.05, 3.63) is 36.4 Å². The summed E-state index contributed by atoms with van der Waals surface area (Å²) in [5, 5.41) is 1.16. The summed E-state index contributed by atoms with van der Waals surface area (Å²) in [5.74, 6) is 0.623. The molecule has 2 aromatic rings. The SMILES string of the molecule is COc1ccc(S(=O)(=O)O)c(OC)c1-c1ccccc1PC1CCCCC1. The molecule has 0 amide bonds. The zero-order valence-electron chi connectivity index (χ0n) is 15.6. The normalized spacial score (nSPS) is 16.0. The van der Waals surface area contributed by atoms with Gasteiger partial charge in [-0.15, -0.1) is 0 Å². The second-order valence-electron chi connectivity index (χ2n) is 6.67. The van der Waals surface area contributed by atoms with E-state index in [2.05, 4.69) is 6.07 Å². The van der Waals surface area contributed by atoms with Gasteiger partial charge in [-0.05, 0) is 41.5 Å². The Morgan fingerprint density at radius 1 is 1.00 bits per heavy atom. The van der Waals surface area contributed by atoms with Crippen molar-refractivity contribution in [3.63, 3.8) is 0 Å². The molecule has 3 rings (SSSR count). The highest BCUT2D eigenvalue weighted by molar-refractivity contribution is 7.86. The summed E-state index contributed by atoms with van der Waals surface area (Å²) >= 11 is 0. The molecule has 0 radical (unpaired) electrons. The molecule has 1 aliphatic rings. The lowest BCUT2D eigenvalue weighted by atomic mass is 10.0. The van der Waals surface area contributed by atoms with Crippen LogP contribution >= 0.6 is 8.58 Å². The van der Waals surface area contributed by atoms with Crippen LogP contribution in [0.2, 0.25) is 0 Å². The van der Waals surface area contributed by atoms with Crippen molar-refractivity contribution in [2.24, 2.45) is 0 Å². The fourth-order valence-electron chi connectivity index (χ4n) is 3.67. The summed E-state index contributed by atoms with van der Waals surface area (Å²) in [6.07, 6.45) is 6.30. The van der Waals surface area contributed by atoms with Crippen LogP contribution in [0.4, 0.5) is 0 Å². The minimum atomic E-state index is -4.42. The third kappa shape index (κ3) is 4.45. The zero-order valence-corrected chi connectivity index (χ0v) is 17.4. The fraction of sp³-hybridized carbons (Fsp3) is 0.400. The van der Waals surface area contributed by atoms with Gasteiger partial charge >= 0.3 is 0 Å². The lowest BCUT2D eigenvalue weighted by Gasteiger charge is -2.24. The molecule has 27 heavy (non-hydrogen) atoms. The predicted molar refractivity (Wildman–Crippen MR) is 110 cm³/mol. The van der Waals surface area contributed by atoms with Gasteiger partial charge in [-0.3, -0.25) is 4.55 Å². The van der Waals surface area contributed by atoms with Crippen molar-refractivity contribution < 1.29 is 22.4 Å². The maximum absolute atomic E-state index is 11.8. The second-order valence-corrected chi connectivity index (χ2v) is 9.71. The van der Waals surface area contributed by atoms with Gasteiger partial charge in [0, 0.05) is 0 Å². The Labute approximate surface area is 162 Å². The lowest BCUT2D eigenvalue weighted by molar-refractivity contribution is 0.386. The second kappa shape index (κ2) is 8.59. The highest BCUT2D eigenvalue weighted by Gasteiger charge is 2.25. The Balaban J connectivity index is 2.15. The van der Waals surface area contributed by atoms with E-state index in [4.69, 9.17) is 9.47 Å². The third-order valence-corrected chi connectivity index (χ3v) is 7.56. The smallest absolute Gasteiger partial charge is 0.298 e. The number of ether oxygens (including phenoxy) is 2. The van der Waals surface area contributed by atoms with Gasteiger partial charge in [-0.2, -0.15) is 8.42 Å². The Bertz CT molecular complexity index is 905. The Hall–Kier alpha value is -1.62. The molecule has 0 bridgehead atoms. The molecule has 146 valence electrons. The minimum absolute atomic E-state index is 0.109. The van der Waals surface area contributed by atoms with Crippen LogP contribution in [0.5, 0.6) is 11.5 Å². The molecule has 5 nitrogen and oxygen atoms in total. The van der Waals surface area contributed by atoms with E-state index >= 15 is 0 Å². The molecule has 1 atom stereocenters. The molecule has 0 aromatic heterocycles. The number of rotatable bonds is 6. The number of benzene rings is 2. The van der Waals surface area contributed by atoms with Gasteiger partial charge in [0.1, 0.15) is 10.6 Å². The largest absolute Gasteiger partial charge is 0.496 e. The van der Waals surface area contributed by atoms with Crippen molar-refractivity contribution in [1.29, 1.82) is 0 Å². The molecular formula is C20H25O5PS. The average molecular weight is 408 g/mol. The van der Waals surface area contributed by atoms with Gasteiger partial charge in [0.15, 0.2) is 5.75 Å². The van der Waals surface area contributed by atoms with E-state index < -0.39 is 10.1 Å². The van der Waals surface area contributed by atoms with E-state index in [1.807, 2.05) is 18.2 Å². The minimum Gasteiger partial charge on any atom is -0.496 e. The van der Waals surface area contributed by atoms with Crippen molar-refractivity contribution in [2.45, 2.75) is 42.7 Å². The van der Waals surface area contributed by atoms with Crippen LogP contribution in [0.1, 0.15) is 32.1 Å². The summed E-state index contributed by atoms with van der Waals surface area (Å²) in [5.41, 5.74) is 2.11. The van der Waals surface area contributed by atoms with Gasteiger partial charge in [-0.25, -0.2) is 0 Å². The number of hydrogen-bond donors (Lipinski definition) is 1. The van der Waals surface area contributed by atoms with Crippen LogP contribution in [-0.4, -0.2) is 32.8 Å². The molecular weight excluding hydrogens is 383 g/mol. The molecule has 0 aliphatic heterocycles. The van der Waals surface area contributed by atoms with E-state index in [0.29, 0.717) is 25.6 Å². The molecule has 1 N–H and O–H groups in total. The van der Waals surface area contributed by atoms with Crippen molar-refractivity contribution >= 4 is 24.0 Å². The first-order valence-corrected chi connectivity index (χ1v) is 11.6. The van der Waals surface area contributed by atoms with E-state index in [9.17, 15) is 13.0 Å². The highest BCUT2D eigenvalue weighted by Crippen LogP contribution is 2.44. The predicted octanol–water partition coefficient (Wildman–Crippen LogP) is 4.25. The van der Waals surface area contributed by atoms with E-state index in [0.717, 1.165) is 10.9 Å².